The van der Waals surface area contributed by atoms with Crippen LogP contribution in [0.4, 0.5) is 13.2 Å². The molecule has 98 valence electrons. The first-order valence-corrected chi connectivity index (χ1v) is 6.06. The largest absolute Gasteiger partial charge is 0.412 e. The van der Waals surface area contributed by atoms with Gasteiger partial charge < -0.3 is 5.73 Å². The number of hydrogen-bond acceptors (Lipinski definition) is 2. The molecule has 1 fully saturated rings. The molecule has 2 N–H and O–H groups in total. The van der Waals surface area contributed by atoms with Gasteiger partial charge in [0, 0.05) is 30.7 Å². The first-order chi connectivity index (χ1) is 7.79. The Morgan fingerprint density at radius 1 is 1.41 bits per heavy atom. The van der Waals surface area contributed by atoms with Gasteiger partial charge in [0.2, 0.25) is 0 Å². The van der Waals surface area contributed by atoms with Crippen LogP contribution in [0.1, 0.15) is 26.2 Å². The van der Waals surface area contributed by atoms with Crippen molar-refractivity contribution in [1.82, 2.24) is 4.90 Å². The van der Waals surface area contributed by atoms with Crippen LogP contribution in [-0.4, -0.2) is 36.2 Å². The second-order valence-electron chi connectivity index (χ2n) is 5.49. The standard InChI is InChI=1S/C12H19F3N2/c1-11(16,9-2-3-9)8-17-6-4-10(5-7-17)12(13,14)15/h4,9H,2-3,5-8,16H2,1H3. The molecule has 0 radical (unpaired) electrons. The smallest absolute Gasteiger partial charge is 0.324 e. The van der Waals surface area contributed by atoms with Gasteiger partial charge in [0.1, 0.15) is 0 Å². The highest BCUT2D eigenvalue weighted by atomic mass is 19.4. The van der Waals surface area contributed by atoms with Crippen molar-refractivity contribution in [2.24, 2.45) is 11.7 Å². The van der Waals surface area contributed by atoms with Crippen molar-refractivity contribution in [3.63, 3.8) is 0 Å². The SMILES string of the molecule is CC(N)(CN1CC=C(C(F)(F)F)CC1)C1CC1. The Morgan fingerprint density at radius 2 is 2.06 bits per heavy atom. The summed E-state index contributed by atoms with van der Waals surface area (Å²) < 4.78 is 37.3. The number of rotatable bonds is 3. The molecular formula is C12H19F3N2. The molecule has 1 atom stereocenters. The molecular weight excluding hydrogens is 229 g/mol. The first kappa shape index (κ1) is 12.9. The quantitative estimate of drug-likeness (QED) is 0.777. The van der Waals surface area contributed by atoms with Crippen LogP contribution in [-0.2, 0) is 0 Å². The summed E-state index contributed by atoms with van der Waals surface area (Å²) in [6.45, 7) is 3.53. The maximum atomic E-state index is 12.4. The number of nitrogens with two attached hydrogens (primary N) is 1. The Kier molecular flexibility index (Phi) is 3.25. The molecule has 1 saturated carbocycles. The van der Waals surface area contributed by atoms with E-state index in [2.05, 4.69) is 0 Å². The summed E-state index contributed by atoms with van der Waals surface area (Å²) in [5.41, 5.74) is 5.55. The van der Waals surface area contributed by atoms with Crippen molar-refractivity contribution in [2.45, 2.75) is 37.9 Å². The van der Waals surface area contributed by atoms with Gasteiger partial charge in [-0.3, -0.25) is 4.90 Å². The van der Waals surface area contributed by atoms with Gasteiger partial charge in [-0.25, -0.2) is 0 Å². The lowest BCUT2D eigenvalue weighted by Crippen LogP contribution is -2.50. The molecule has 1 aliphatic carbocycles. The fourth-order valence-corrected chi connectivity index (χ4v) is 2.47. The molecule has 1 heterocycles. The van der Waals surface area contributed by atoms with Crippen molar-refractivity contribution < 1.29 is 13.2 Å². The molecule has 2 rings (SSSR count). The van der Waals surface area contributed by atoms with Crippen LogP contribution in [0.3, 0.4) is 0 Å². The predicted molar refractivity (Wildman–Crippen MR) is 60.5 cm³/mol. The lowest BCUT2D eigenvalue weighted by Gasteiger charge is -2.34. The van der Waals surface area contributed by atoms with Gasteiger partial charge in [0.25, 0.3) is 0 Å². The van der Waals surface area contributed by atoms with E-state index in [9.17, 15) is 13.2 Å². The minimum atomic E-state index is -4.16. The first-order valence-electron chi connectivity index (χ1n) is 6.06. The Balaban J connectivity index is 1.88. The summed E-state index contributed by atoms with van der Waals surface area (Å²) in [7, 11) is 0. The highest BCUT2D eigenvalue weighted by Crippen LogP contribution is 2.39. The molecule has 2 aliphatic rings. The van der Waals surface area contributed by atoms with E-state index in [1.165, 1.54) is 6.08 Å². The molecule has 5 heteroatoms. The number of hydrogen-bond donors (Lipinski definition) is 1. The third-order valence-corrected chi connectivity index (χ3v) is 3.73. The third kappa shape index (κ3) is 3.22. The van der Waals surface area contributed by atoms with E-state index in [0.29, 0.717) is 25.6 Å². The molecule has 17 heavy (non-hydrogen) atoms. The molecule has 2 nitrogen and oxygen atoms in total. The van der Waals surface area contributed by atoms with E-state index < -0.39 is 6.18 Å². The van der Waals surface area contributed by atoms with Crippen molar-refractivity contribution in [3.05, 3.63) is 11.6 Å². The molecule has 1 aliphatic heterocycles. The minimum absolute atomic E-state index is 0.0875. The normalized spacial score (nSPS) is 26.5. The van der Waals surface area contributed by atoms with Gasteiger partial charge in [-0.15, -0.1) is 0 Å². The van der Waals surface area contributed by atoms with Gasteiger partial charge in [0.15, 0.2) is 0 Å². The van der Waals surface area contributed by atoms with Crippen molar-refractivity contribution >= 4 is 0 Å². The van der Waals surface area contributed by atoms with E-state index in [-0.39, 0.29) is 17.5 Å². The van der Waals surface area contributed by atoms with Crippen LogP contribution in [0.15, 0.2) is 11.6 Å². The monoisotopic (exact) mass is 248 g/mol. The zero-order valence-corrected chi connectivity index (χ0v) is 10.1. The molecule has 0 bridgehead atoms. The number of alkyl halides is 3. The van der Waals surface area contributed by atoms with E-state index in [1.807, 2.05) is 11.8 Å². The van der Waals surface area contributed by atoms with Crippen LogP contribution < -0.4 is 5.73 Å². The summed E-state index contributed by atoms with van der Waals surface area (Å²) in [5, 5.41) is 0. The van der Waals surface area contributed by atoms with E-state index in [1.54, 1.807) is 0 Å². The second kappa shape index (κ2) is 4.28. The van der Waals surface area contributed by atoms with E-state index in [4.69, 9.17) is 5.73 Å². The molecule has 0 saturated heterocycles. The second-order valence-corrected chi connectivity index (χ2v) is 5.49. The van der Waals surface area contributed by atoms with E-state index in [0.717, 1.165) is 12.8 Å². The maximum Gasteiger partial charge on any atom is 0.412 e. The molecule has 0 spiro atoms. The van der Waals surface area contributed by atoms with Crippen LogP contribution in [0.25, 0.3) is 0 Å². The van der Waals surface area contributed by atoms with Gasteiger partial charge in [-0.2, -0.15) is 13.2 Å². The Labute approximate surface area is 99.6 Å². The Hall–Kier alpha value is -0.550. The van der Waals surface area contributed by atoms with Crippen LogP contribution >= 0.6 is 0 Å². The third-order valence-electron chi connectivity index (χ3n) is 3.73. The predicted octanol–water partition coefficient (Wildman–Crippen LogP) is 2.31. The summed E-state index contributed by atoms with van der Waals surface area (Å²) in [6, 6.07) is 0. The Morgan fingerprint density at radius 3 is 2.47 bits per heavy atom. The average Bonchev–Trinajstić information content (AvgIpc) is 2.99. The van der Waals surface area contributed by atoms with Crippen molar-refractivity contribution in [2.75, 3.05) is 19.6 Å². The van der Waals surface area contributed by atoms with E-state index >= 15 is 0 Å². The fourth-order valence-electron chi connectivity index (χ4n) is 2.47. The molecule has 0 aromatic rings. The minimum Gasteiger partial charge on any atom is -0.324 e. The van der Waals surface area contributed by atoms with Crippen LogP contribution in [0.2, 0.25) is 0 Å². The van der Waals surface area contributed by atoms with Gasteiger partial charge >= 0.3 is 6.18 Å². The molecule has 0 amide bonds. The molecule has 0 aromatic carbocycles. The van der Waals surface area contributed by atoms with Gasteiger partial charge in [-0.1, -0.05) is 6.08 Å². The number of halogens is 3. The molecule has 0 aromatic heterocycles. The van der Waals surface area contributed by atoms with Crippen molar-refractivity contribution in [1.29, 1.82) is 0 Å². The lowest BCUT2D eigenvalue weighted by molar-refractivity contribution is -0.0961. The van der Waals surface area contributed by atoms with Gasteiger partial charge in [0.05, 0.1) is 0 Å². The van der Waals surface area contributed by atoms with Gasteiger partial charge in [-0.05, 0) is 32.1 Å². The number of nitrogens with zero attached hydrogens (tertiary/aromatic N) is 1. The van der Waals surface area contributed by atoms with Crippen LogP contribution in [0, 0.1) is 5.92 Å². The van der Waals surface area contributed by atoms with Crippen molar-refractivity contribution in [3.8, 4) is 0 Å². The summed E-state index contributed by atoms with van der Waals surface area (Å²) in [6.07, 6.45) is -0.458. The summed E-state index contributed by atoms with van der Waals surface area (Å²) in [4.78, 5) is 2.02. The molecule has 1 unspecified atom stereocenters. The summed E-state index contributed by atoms with van der Waals surface area (Å²) >= 11 is 0. The average molecular weight is 248 g/mol. The highest BCUT2D eigenvalue weighted by molar-refractivity contribution is 5.13. The Bertz CT molecular complexity index is 316. The topological polar surface area (TPSA) is 29.3 Å². The highest BCUT2D eigenvalue weighted by Gasteiger charge is 2.40. The zero-order valence-electron chi connectivity index (χ0n) is 10.1. The maximum absolute atomic E-state index is 12.4. The zero-order chi connectivity index (χ0) is 12.7. The summed E-state index contributed by atoms with van der Waals surface area (Å²) in [5.74, 6) is 0.551. The van der Waals surface area contributed by atoms with Crippen LogP contribution in [0.5, 0.6) is 0 Å². The fraction of sp³-hybridized carbons (Fsp3) is 0.833. The lowest BCUT2D eigenvalue weighted by atomic mass is 9.95.